The van der Waals surface area contributed by atoms with Crippen LogP contribution in [0.15, 0.2) is 49.1 Å². The number of aromatic nitrogens is 7. The Morgan fingerprint density at radius 1 is 1.00 bits per heavy atom. The van der Waals surface area contributed by atoms with Crippen LogP contribution >= 0.6 is 0 Å². The zero-order valence-corrected chi connectivity index (χ0v) is 19.8. The molecule has 1 unspecified atom stereocenters. The van der Waals surface area contributed by atoms with E-state index in [2.05, 4.69) is 34.9 Å². The predicted molar refractivity (Wildman–Crippen MR) is 123 cm³/mol. The van der Waals surface area contributed by atoms with Crippen molar-refractivity contribution in [1.29, 1.82) is 0 Å². The number of rotatable bonds is 9. The first-order chi connectivity index (χ1) is 16.8. The van der Waals surface area contributed by atoms with Gasteiger partial charge >= 0.3 is 0 Å². The minimum Gasteiger partial charge on any atom is -0.494 e. The minimum absolute atomic E-state index is 0.0591. The van der Waals surface area contributed by atoms with Gasteiger partial charge in [0.1, 0.15) is 23.0 Å². The highest BCUT2D eigenvalue weighted by molar-refractivity contribution is 7.93. The third-order valence-corrected chi connectivity index (χ3v) is 6.65. The average molecular weight is 501 g/mol. The van der Waals surface area contributed by atoms with Crippen LogP contribution in [-0.4, -0.2) is 62.6 Å². The minimum atomic E-state index is -4.03. The molecule has 3 aromatic heterocycles. The number of para-hydroxylation sites is 1. The van der Waals surface area contributed by atoms with E-state index in [1.165, 1.54) is 38.1 Å². The molecule has 0 amide bonds. The Labute approximate surface area is 200 Å². The number of hydrogen-bond donors (Lipinski definition) is 1. The molecule has 1 N–H and O–H groups in total. The van der Waals surface area contributed by atoms with Crippen LogP contribution < -0.4 is 14.2 Å². The lowest BCUT2D eigenvalue weighted by Crippen LogP contribution is -2.29. The second-order valence-corrected chi connectivity index (χ2v) is 9.34. The van der Waals surface area contributed by atoms with Gasteiger partial charge in [-0.25, -0.2) is 32.7 Å². The molecule has 35 heavy (non-hydrogen) atoms. The molecule has 14 heteroatoms. The molecular formula is C21H21FN8O4S. The van der Waals surface area contributed by atoms with E-state index in [0.717, 1.165) is 12.4 Å². The van der Waals surface area contributed by atoms with E-state index in [9.17, 15) is 12.8 Å². The second-order valence-electron chi connectivity index (χ2n) is 7.25. The number of ether oxygens (including phenoxy) is 2. The maximum Gasteiger partial charge on any atom is 0.243 e. The Balaban J connectivity index is 1.79. The summed E-state index contributed by atoms with van der Waals surface area (Å²) in [5.74, 6) is 0.519. The number of halogens is 1. The molecule has 0 aliphatic rings. The maximum atomic E-state index is 13.2. The first-order valence-electron chi connectivity index (χ1n) is 10.3. The molecule has 0 saturated heterocycles. The summed E-state index contributed by atoms with van der Waals surface area (Å²) >= 11 is 0. The average Bonchev–Trinajstić information content (AvgIpc) is 3.27. The lowest BCUT2D eigenvalue weighted by atomic mass is 10.2. The number of anilines is 1. The van der Waals surface area contributed by atoms with Gasteiger partial charge in [-0.1, -0.05) is 6.07 Å². The van der Waals surface area contributed by atoms with E-state index in [0.29, 0.717) is 17.2 Å². The van der Waals surface area contributed by atoms with Crippen molar-refractivity contribution in [3.05, 3.63) is 60.7 Å². The fourth-order valence-corrected chi connectivity index (χ4v) is 4.17. The second kappa shape index (κ2) is 9.97. The summed E-state index contributed by atoms with van der Waals surface area (Å²) in [6.07, 6.45) is 4.94. The summed E-state index contributed by atoms with van der Waals surface area (Å²) < 4.78 is 54.4. The lowest BCUT2D eigenvalue weighted by Gasteiger charge is -2.18. The van der Waals surface area contributed by atoms with Gasteiger partial charge < -0.3 is 9.47 Å². The molecule has 4 rings (SSSR count). The van der Waals surface area contributed by atoms with Gasteiger partial charge in [0, 0.05) is 18.8 Å². The molecule has 4 aromatic rings. The maximum absolute atomic E-state index is 13.2. The van der Waals surface area contributed by atoms with Crippen molar-refractivity contribution in [2.75, 3.05) is 18.9 Å². The van der Waals surface area contributed by atoms with Crippen LogP contribution in [0.1, 0.15) is 12.7 Å². The predicted octanol–water partition coefficient (Wildman–Crippen LogP) is 2.04. The first kappa shape index (κ1) is 23.9. The van der Waals surface area contributed by atoms with Crippen molar-refractivity contribution < 1.29 is 22.3 Å². The number of hydrogen-bond acceptors (Lipinski definition) is 10. The van der Waals surface area contributed by atoms with Gasteiger partial charge in [0.15, 0.2) is 11.6 Å². The molecule has 0 bridgehead atoms. The smallest absolute Gasteiger partial charge is 0.243 e. The summed E-state index contributed by atoms with van der Waals surface area (Å²) in [5.41, 5.74) is 0.345. The van der Waals surface area contributed by atoms with Crippen LogP contribution in [0.4, 0.5) is 10.3 Å². The molecule has 1 aromatic carbocycles. The quantitative estimate of drug-likeness (QED) is 0.362. The Morgan fingerprint density at radius 2 is 1.63 bits per heavy atom. The fraction of sp³-hybridized carbons (Fsp3) is 0.238. The molecular weight excluding hydrogens is 479 g/mol. The van der Waals surface area contributed by atoms with Crippen LogP contribution in [0.25, 0.3) is 17.3 Å². The van der Waals surface area contributed by atoms with Gasteiger partial charge in [-0.05, 0) is 25.1 Å². The van der Waals surface area contributed by atoms with Gasteiger partial charge in [-0.2, -0.15) is 0 Å². The van der Waals surface area contributed by atoms with E-state index in [1.54, 1.807) is 24.3 Å². The monoisotopic (exact) mass is 500 g/mol. The van der Waals surface area contributed by atoms with Crippen LogP contribution in [0.2, 0.25) is 0 Å². The summed E-state index contributed by atoms with van der Waals surface area (Å²) in [7, 11) is -1.09. The molecule has 0 fully saturated rings. The van der Waals surface area contributed by atoms with Crippen molar-refractivity contribution in [2.24, 2.45) is 0 Å². The summed E-state index contributed by atoms with van der Waals surface area (Å²) in [6, 6.07) is 6.72. The van der Waals surface area contributed by atoms with Gasteiger partial charge in [0.05, 0.1) is 31.9 Å². The first-order valence-corrected chi connectivity index (χ1v) is 11.8. The van der Waals surface area contributed by atoms with Crippen molar-refractivity contribution >= 4 is 16.0 Å². The molecule has 182 valence electrons. The third-order valence-electron chi connectivity index (χ3n) is 4.96. The van der Waals surface area contributed by atoms with Crippen molar-refractivity contribution in [2.45, 2.75) is 18.6 Å². The van der Waals surface area contributed by atoms with Crippen LogP contribution in [0.3, 0.4) is 0 Å². The molecule has 12 nitrogen and oxygen atoms in total. The summed E-state index contributed by atoms with van der Waals surface area (Å²) in [6.45, 7) is 1.47. The Kier molecular flexibility index (Phi) is 6.82. The zero-order chi connectivity index (χ0) is 25.0. The largest absolute Gasteiger partial charge is 0.494 e. The van der Waals surface area contributed by atoms with E-state index in [-0.39, 0.29) is 29.8 Å². The summed E-state index contributed by atoms with van der Waals surface area (Å²) in [4.78, 5) is 16.1. The Bertz CT molecular complexity index is 1390. The molecule has 0 aliphatic carbocycles. The number of nitrogens with one attached hydrogen (secondary N) is 1. The van der Waals surface area contributed by atoms with Gasteiger partial charge in [0.2, 0.25) is 21.8 Å². The van der Waals surface area contributed by atoms with Gasteiger partial charge in [-0.3, -0.25) is 9.29 Å². The molecule has 0 saturated carbocycles. The molecule has 3 heterocycles. The summed E-state index contributed by atoms with van der Waals surface area (Å²) in [5, 5.41) is 7.20. The van der Waals surface area contributed by atoms with Gasteiger partial charge in [0.25, 0.3) is 0 Å². The highest BCUT2D eigenvalue weighted by Gasteiger charge is 2.29. The molecule has 1 atom stereocenters. The van der Waals surface area contributed by atoms with E-state index >= 15 is 0 Å². The van der Waals surface area contributed by atoms with E-state index < -0.39 is 21.1 Å². The molecule has 0 spiro atoms. The SMILES string of the molecule is COc1cccc(OC)c1-n1c(NS(=O)(=O)C(C)Cc2ncc(F)cn2)nnc1-c1ncccn1. The highest BCUT2D eigenvalue weighted by Crippen LogP contribution is 2.37. The van der Waals surface area contributed by atoms with Crippen molar-refractivity contribution in [3.8, 4) is 28.8 Å². The topological polar surface area (TPSA) is 147 Å². The molecule has 0 aliphatic heterocycles. The third kappa shape index (κ3) is 5.01. The normalized spacial score (nSPS) is 12.2. The number of methoxy groups -OCH3 is 2. The van der Waals surface area contributed by atoms with E-state index in [1.807, 2.05) is 0 Å². The van der Waals surface area contributed by atoms with E-state index in [4.69, 9.17) is 9.47 Å². The number of nitrogens with zero attached hydrogens (tertiary/aromatic N) is 7. The standard InChI is InChI=1S/C21H21FN8O4S/c1-13(10-17-25-11-14(22)12-26-17)35(31,32)29-21-28-27-20(19-23-8-5-9-24-19)30(21)18-15(33-2)6-4-7-16(18)34-3/h4-9,11-13H,10H2,1-3H3,(H,28,29). The van der Waals surface area contributed by atoms with Crippen LogP contribution in [0.5, 0.6) is 11.5 Å². The Hall–Kier alpha value is -4.20. The molecule has 0 radical (unpaired) electrons. The highest BCUT2D eigenvalue weighted by atomic mass is 32.2. The lowest BCUT2D eigenvalue weighted by molar-refractivity contribution is 0.391. The number of sulfonamides is 1. The Morgan fingerprint density at radius 3 is 2.23 bits per heavy atom. The van der Waals surface area contributed by atoms with Crippen molar-refractivity contribution in [3.63, 3.8) is 0 Å². The van der Waals surface area contributed by atoms with Crippen LogP contribution in [0, 0.1) is 5.82 Å². The van der Waals surface area contributed by atoms with Gasteiger partial charge in [-0.15, -0.1) is 10.2 Å². The van der Waals surface area contributed by atoms with Crippen LogP contribution in [-0.2, 0) is 16.4 Å². The zero-order valence-electron chi connectivity index (χ0n) is 19.0. The van der Waals surface area contributed by atoms with Crippen molar-refractivity contribution in [1.82, 2.24) is 34.7 Å². The fourth-order valence-electron chi connectivity index (χ4n) is 3.21. The number of benzene rings is 1.